The van der Waals surface area contributed by atoms with E-state index in [2.05, 4.69) is 5.92 Å². The molecule has 0 N–H and O–H groups in total. The lowest BCUT2D eigenvalue weighted by molar-refractivity contribution is -0.145. The molecule has 1 aromatic carbocycles. The maximum Gasteiger partial charge on any atom is 0.226 e. The molecule has 1 saturated heterocycles. The van der Waals surface area contributed by atoms with Gasteiger partial charge in [0.25, 0.3) is 0 Å². The molecule has 0 aromatic heterocycles. The van der Waals surface area contributed by atoms with Crippen molar-refractivity contribution in [1.29, 1.82) is 0 Å². The third kappa shape index (κ3) is 1.38. The fourth-order valence-corrected chi connectivity index (χ4v) is 1.72. The standard InChI is InChI=1S/C12H11NO/c1-2-8-13-11(9-12(13)14)10-6-4-3-5-7-10/h1,3-7,11H,8-9H2/t11-/m0/s1. The predicted molar refractivity (Wildman–Crippen MR) is 54.3 cm³/mol. The Balaban J connectivity index is 2.15. The van der Waals surface area contributed by atoms with E-state index in [1.807, 2.05) is 30.3 Å². The SMILES string of the molecule is C#CCN1C(=O)C[C@H]1c1ccccc1. The number of hydrogen-bond donors (Lipinski definition) is 0. The van der Waals surface area contributed by atoms with Crippen LogP contribution in [-0.2, 0) is 4.79 Å². The lowest BCUT2D eigenvalue weighted by atomic mass is 9.94. The fraction of sp³-hybridized carbons (Fsp3) is 0.250. The minimum absolute atomic E-state index is 0.150. The van der Waals surface area contributed by atoms with Crippen molar-refractivity contribution in [2.75, 3.05) is 6.54 Å². The zero-order chi connectivity index (χ0) is 9.97. The molecule has 0 bridgehead atoms. The molecule has 70 valence electrons. The molecule has 1 heterocycles. The highest BCUT2D eigenvalue weighted by atomic mass is 16.2. The van der Waals surface area contributed by atoms with Crippen LogP contribution in [0.5, 0.6) is 0 Å². The quantitative estimate of drug-likeness (QED) is 0.506. The monoisotopic (exact) mass is 185 g/mol. The van der Waals surface area contributed by atoms with Crippen molar-refractivity contribution in [3.63, 3.8) is 0 Å². The first-order chi connectivity index (χ1) is 6.83. The molecule has 0 aliphatic carbocycles. The number of nitrogens with zero attached hydrogens (tertiary/aromatic N) is 1. The Kier molecular flexibility index (Phi) is 2.24. The van der Waals surface area contributed by atoms with E-state index in [1.54, 1.807) is 4.90 Å². The second-order valence-corrected chi connectivity index (χ2v) is 3.36. The number of likely N-dealkylation sites (tertiary alicyclic amines) is 1. The minimum atomic E-state index is 0.150. The van der Waals surface area contributed by atoms with E-state index in [1.165, 1.54) is 5.56 Å². The second kappa shape index (κ2) is 3.55. The summed E-state index contributed by atoms with van der Waals surface area (Å²) in [5.41, 5.74) is 1.17. The van der Waals surface area contributed by atoms with Crippen LogP contribution in [-0.4, -0.2) is 17.4 Å². The first kappa shape index (κ1) is 8.83. The molecule has 2 heteroatoms. The second-order valence-electron chi connectivity index (χ2n) is 3.36. The molecule has 2 rings (SSSR count). The molecule has 1 aliphatic rings. The van der Waals surface area contributed by atoms with Gasteiger partial charge in [-0.15, -0.1) is 6.42 Å². The van der Waals surface area contributed by atoms with Crippen LogP contribution in [0.25, 0.3) is 0 Å². The topological polar surface area (TPSA) is 20.3 Å². The summed E-state index contributed by atoms with van der Waals surface area (Å²) in [6.07, 6.45) is 5.79. The van der Waals surface area contributed by atoms with Crippen LogP contribution in [0.1, 0.15) is 18.0 Å². The molecule has 1 aromatic rings. The lowest BCUT2D eigenvalue weighted by Gasteiger charge is -2.39. The molecule has 1 aliphatic heterocycles. The molecular formula is C12H11NO. The van der Waals surface area contributed by atoms with Gasteiger partial charge in [-0.1, -0.05) is 36.3 Å². The highest BCUT2D eigenvalue weighted by Gasteiger charge is 2.35. The number of amides is 1. The van der Waals surface area contributed by atoms with Crippen molar-refractivity contribution < 1.29 is 4.79 Å². The molecule has 0 radical (unpaired) electrons. The van der Waals surface area contributed by atoms with Crippen LogP contribution in [0.4, 0.5) is 0 Å². The molecule has 0 spiro atoms. The van der Waals surface area contributed by atoms with E-state index in [0.717, 1.165) is 0 Å². The van der Waals surface area contributed by atoms with Crippen molar-refractivity contribution in [3.8, 4) is 12.3 Å². The smallest absolute Gasteiger partial charge is 0.226 e. The normalized spacial score (nSPS) is 20.1. The summed E-state index contributed by atoms with van der Waals surface area (Å²) in [6.45, 7) is 0.415. The molecule has 14 heavy (non-hydrogen) atoms. The summed E-state index contributed by atoms with van der Waals surface area (Å²) in [5, 5.41) is 0. The van der Waals surface area contributed by atoms with Crippen LogP contribution < -0.4 is 0 Å². The van der Waals surface area contributed by atoms with Gasteiger partial charge in [0, 0.05) is 0 Å². The largest absolute Gasteiger partial charge is 0.324 e. The summed E-state index contributed by atoms with van der Waals surface area (Å²) < 4.78 is 0. The third-order valence-electron chi connectivity index (χ3n) is 2.51. The molecule has 1 fully saturated rings. The summed E-state index contributed by atoms with van der Waals surface area (Å²) >= 11 is 0. The van der Waals surface area contributed by atoms with Crippen LogP contribution in [0.15, 0.2) is 30.3 Å². The van der Waals surface area contributed by atoms with Gasteiger partial charge in [-0.05, 0) is 5.56 Å². The number of terminal acetylenes is 1. The molecule has 0 unspecified atom stereocenters. The van der Waals surface area contributed by atoms with E-state index in [4.69, 9.17) is 6.42 Å². The lowest BCUT2D eigenvalue weighted by Crippen LogP contribution is -2.46. The average Bonchev–Trinajstić information content (AvgIpc) is 2.24. The Morgan fingerprint density at radius 2 is 2.14 bits per heavy atom. The van der Waals surface area contributed by atoms with Crippen molar-refractivity contribution in [3.05, 3.63) is 35.9 Å². The van der Waals surface area contributed by atoms with Gasteiger partial charge in [0.2, 0.25) is 5.91 Å². The Morgan fingerprint density at radius 3 is 2.71 bits per heavy atom. The summed E-state index contributed by atoms with van der Waals surface area (Å²) in [4.78, 5) is 13.0. The fourth-order valence-electron chi connectivity index (χ4n) is 1.72. The number of β-lactam (4-membered cyclic amide) rings is 1. The van der Waals surface area contributed by atoms with Gasteiger partial charge in [-0.25, -0.2) is 0 Å². The van der Waals surface area contributed by atoms with E-state index in [9.17, 15) is 4.79 Å². The zero-order valence-electron chi connectivity index (χ0n) is 7.81. The number of carbonyl (C=O) groups excluding carboxylic acids is 1. The average molecular weight is 185 g/mol. The molecule has 1 atom stereocenters. The first-order valence-corrected chi connectivity index (χ1v) is 4.61. The summed E-state index contributed by atoms with van der Waals surface area (Å²) in [7, 11) is 0. The number of benzene rings is 1. The van der Waals surface area contributed by atoms with Crippen LogP contribution in [0.2, 0.25) is 0 Å². The first-order valence-electron chi connectivity index (χ1n) is 4.61. The Hall–Kier alpha value is -1.75. The van der Waals surface area contributed by atoms with Crippen LogP contribution in [0, 0.1) is 12.3 Å². The predicted octanol–water partition coefficient (Wildman–Crippen LogP) is 1.59. The maximum atomic E-state index is 11.2. The summed E-state index contributed by atoms with van der Waals surface area (Å²) in [5.74, 6) is 2.65. The maximum absolute atomic E-state index is 11.2. The Bertz CT molecular complexity index is 377. The minimum Gasteiger partial charge on any atom is -0.324 e. The van der Waals surface area contributed by atoms with Crippen molar-refractivity contribution in [1.82, 2.24) is 4.90 Å². The number of carbonyl (C=O) groups is 1. The van der Waals surface area contributed by atoms with E-state index in [-0.39, 0.29) is 11.9 Å². The highest BCUT2D eigenvalue weighted by molar-refractivity contribution is 5.83. The van der Waals surface area contributed by atoms with E-state index in [0.29, 0.717) is 13.0 Å². The summed E-state index contributed by atoms with van der Waals surface area (Å²) in [6, 6.07) is 10.2. The van der Waals surface area contributed by atoms with Gasteiger partial charge in [-0.2, -0.15) is 0 Å². The molecule has 2 nitrogen and oxygen atoms in total. The molecule has 0 saturated carbocycles. The van der Waals surface area contributed by atoms with Gasteiger partial charge in [0.1, 0.15) is 0 Å². The molecular weight excluding hydrogens is 174 g/mol. The van der Waals surface area contributed by atoms with Gasteiger partial charge in [-0.3, -0.25) is 4.79 Å². The van der Waals surface area contributed by atoms with Gasteiger partial charge in [0.15, 0.2) is 0 Å². The Morgan fingerprint density at radius 1 is 1.43 bits per heavy atom. The van der Waals surface area contributed by atoms with Gasteiger partial charge >= 0.3 is 0 Å². The highest BCUT2D eigenvalue weighted by Crippen LogP contribution is 2.33. The number of rotatable bonds is 2. The molecule has 1 amide bonds. The zero-order valence-corrected chi connectivity index (χ0v) is 7.81. The van der Waals surface area contributed by atoms with Crippen LogP contribution >= 0.6 is 0 Å². The van der Waals surface area contributed by atoms with E-state index >= 15 is 0 Å². The van der Waals surface area contributed by atoms with Crippen molar-refractivity contribution >= 4 is 5.91 Å². The van der Waals surface area contributed by atoms with Gasteiger partial charge in [0.05, 0.1) is 19.0 Å². The Labute approximate surface area is 83.5 Å². The van der Waals surface area contributed by atoms with Gasteiger partial charge < -0.3 is 4.90 Å². The van der Waals surface area contributed by atoms with Crippen LogP contribution in [0.3, 0.4) is 0 Å². The van der Waals surface area contributed by atoms with Crippen molar-refractivity contribution in [2.24, 2.45) is 0 Å². The van der Waals surface area contributed by atoms with E-state index < -0.39 is 0 Å². The third-order valence-corrected chi connectivity index (χ3v) is 2.51. The number of hydrogen-bond acceptors (Lipinski definition) is 1. The van der Waals surface area contributed by atoms with Crippen molar-refractivity contribution in [2.45, 2.75) is 12.5 Å².